The van der Waals surface area contributed by atoms with E-state index in [2.05, 4.69) is 0 Å². The van der Waals surface area contributed by atoms with E-state index in [1.54, 1.807) is 13.0 Å². The summed E-state index contributed by atoms with van der Waals surface area (Å²) in [5.74, 6) is -0.322. The zero-order chi connectivity index (χ0) is 12.9. The van der Waals surface area contributed by atoms with Gasteiger partial charge >= 0.3 is 5.97 Å². The maximum absolute atomic E-state index is 11.5. The Kier molecular flexibility index (Phi) is 4.71. The van der Waals surface area contributed by atoms with E-state index in [0.29, 0.717) is 6.61 Å². The molecule has 1 rings (SSSR count). The first-order chi connectivity index (χ1) is 7.98. The first-order valence-electron chi connectivity index (χ1n) is 5.91. The minimum Gasteiger partial charge on any atom is -0.462 e. The van der Waals surface area contributed by atoms with Gasteiger partial charge in [-0.25, -0.2) is 4.79 Å². The SMILES string of the molecule is CCOC(=O)/C(C#N)=C\[C@@H]1CCOC(C)(C)C1. The largest absolute Gasteiger partial charge is 0.462 e. The van der Waals surface area contributed by atoms with Gasteiger partial charge in [0.15, 0.2) is 0 Å². The quantitative estimate of drug-likeness (QED) is 0.429. The summed E-state index contributed by atoms with van der Waals surface area (Å²) in [6, 6.07) is 1.91. The van der Waals surface area contributed by atoms with Gasteiger partial charge in [0.2, 0.25) is 0 Å². The van der Waals surface area contributed by atoms with E-state index in [0.717, 1.165) is 12.8 Å². The van der Waals surface area contributed by atoms with Crippen LogP contribution in [0.3, 0.4) is 0 Å². The van der Waals surface area contributed by atoms with Crippen LogP contribution in [0, 0.1) is 17.2 Å². The normalized spacial score (nSPS) is 23.9. The molecule has 0 aromatic rings. The lowest BCUT2D eigenvalue weighted by molar-refractivity contribution is -0.138. The molecule has 0 saturated carbocycles. The summed E-state index contributed by atoms with van der Waals surface area (Å²) in [5, 5.41) is 8.93. The Morgan fingerprint density at radius 1 is 1.65 bits per heavy atom. The molecule has 1 heterocycles. The Hall–Kier alpha value is -1.34. The van der Waals surface area contributed by atoms with Crippen molar-refractivity contribution in [3.05, 3.63) is 11.6 Å². The molecule has 0 N–H and O–H groups in total. The average molecular weight is 237 g/mol. The van der Waals surface area contributed by atoms with Crippen LogP contribution in [-0.2, 0) is 14.3 Å². The molecule has 1 aliphatic rings. The molecule has 1 atom stereocenters. The highest BCUT2D eigenvalue weighted by molar-refractivity contribution is 5.92. The topological polar surface area (TPSA) is 59.3 Å². The van der Waals surface area contributed by atoms with E-state index in [-0.39, 0.29) is 23.7 Å². The molecular weight excluding hydrogens is 218 g/mol. The van der Waals surface area contributed by atoms with Crippen molar-refractivity contribution in [2.24, 2.45) is 5.92 Å². The fourth-order valence-electron chi connectivity index (χ4n) is 2.02. The number of nitriles is 1. The molecule has 0 amide bonds. The number of carbonyl (C=O) groups excluding carboxylic acids is 1. The number of carbonyl (C=O) groups is 1. The van der Waals surface area contributed by atoms with E-state index in [4.69, 9.17) is 14.7 Å². The molecule has 17 heavy (non-hydrogen) atoms. The predicted octanol–water partition coefficient (Wildman–Crippen LogP) is 2.20. The minimum absolute atomic E-state index is 0.106. The molecule has 0 unspecified atom stereocenters. The third-order valence-electron chi connectivity index (χ3n) is 2.75. The summed E-state index contributed by atoms with van der Waals surface area (Å²) in [6.45, 7) is 6.71. The van der Waals surface area contributed by atoms with Crippen LogP contribution in [0.25, 0.3) is 0 Å². The number of allylic oxidation sites excluding steroid dienone is 1. The molecule has 0 aromatic carbocycles. The lowest BCUT2D eigenvalue weighted by Crippen LogP contribution is -2.33. The number of esters is 1. The summed E-state index contributed by atoms with van der Waals surface area (Å²) >= 11 is 0. The smallest absolute Gasteiger partial charge is 0.348 e. The molecule has 1 aliphatic heterocycles. The molecule has 0 spiro atoms. The van der Waals surface area contributed by atoms with Gasteiger partial charge in [-0.1, -0.05) is 6.08 Å². The fraction of sp³-hybridized carbons (Fsp3) is 0.692. The molecule has 1 saturated heterocycles. The van der Waals surface area contributed by atoms with Crippen LogP contribution in [0.1, 0.15) is 33.6 Å². The van der Waals surface area contributed by atoms with Crippen LogP contribution in [0.4, 0.5) is 0 Å². The Morgan fingerprint density at radius 3 is 2.88 bits per heavy atom. The van der Waals surface area contributed by atoms with Crippen molar-refractivity contribution in [2.75, 3.05) is 13.2 Å². The Balaban J connectivity index is 2.72. The van der Waals surface area contributed by atoms with Gasteiger partial charge in [-0.3, -0.25) is 0 Å². The zero-order valence-corrected chi connectivity index (χ0v) is 10.7. The number of rotatable bonds is 3. The van der Waals surface area contributed by atoms with E-state index in [1.807, 2.05) is 19.9 Å². The second kappa shape index (κ2) is 5.83. The first kappa shape index (κ1) is 13.7. The number of nitrogens with zero attached hydrogens (tertiary/aromatic N) is 1. The highest BCUT2D eigenvalue weighted by atomic mass is 16.5. The van der Waals surface area contributed by atoms with Crippen LogP contribution in [0.5, 0.6) is 0 Å². The molecule has 1 fully saturated rings. The highest BCUT2D eigenvalue weighted by Gasteiger charge is 2.28. The maximum Gasteiger partial charge on any atom is 0.348 e. The van der Waals surface area contributed by atoms with Gasteiger partial charge in [0.25, 0.3) is 0 Å². The fourth-order valence-corrected chi connectivity index (χ4v) is 2.02. The Morgan fingerprint density at radius 2 is 2.35 bits per heavy atom. The van der Waals surface area contributed by atoms with Crippen LogP contribution in [-0.4, -0.2) is 24.8 Å². The number of ether oxygens (including phenoxy) is 2. The number of hydrogen-bond acceptors (Lipinski definition) is 4. The Labute approximate surface area is 102 Å². The summed E-state index contributed by atoms with van der Waals surface area (Å²) in [7, 11) is 0. The average Bonchev–Trinajstić information content (AvgIpc) is 2.24. The molecule has 0 radical (unpaired) electrons. The van der Waals surface area contributed by atoms with Gasteiger partial charge < -0.3 is 9.47 Å². The third-order valence-corrected chi connectivity index (χ3v) is 2.75. The van der Waals surface area contributed by atoms with Crippen molar-refractivity contribution >= 4 is 5.97 Å². The van der Waals surface area contributed by atoms with Crippen LogP contribution in [0.2, 0.25) is 0 Å². The van der Waals surface area contributed by atoms with Gasteiger partial charge in [-0.05, 0) is 39.5 Å². The lowest BCUT2D eigenvalue weighted by atomic mass is 9.87. The summed E-state index contributed by atoms with van der Waals surface area (Å²) in [6.07, 6.45) is 3.38. The molecule has 94 valence electrons. The van der Waals surface area contributed by atoms with Gasteiger partial charge in [-0.2, -0.15) is 5.26 Å². The van der Waals surface area contributed by atoms with Gasteiger partial charge in [0, 0.05) is 6.61 Å². The first-order valence-corrected chi connectivity index (χ1v) is 5.91. The molecule has 0 aliphatic carbocycles. The lowest BCUT2D eigenvalue weighted by Gasteiger charge is -2.34. The highest BCUT2D eigenvalue weighted by Crippen LogP contribution is 2.30. The van der Waals surface area contributed by atoms with Gasteiger partial charge in [0.1, 0.15) is 11.6 Å². The molecule has 4 nitrogen and oxygen atoms in total. The minimum atomic E-state index is -0.528. The van der Waals surface area contributed by atoms with Crippen molar-refractivity contribution in [3.63, 3.8) is 0 Å². The zero-order valence-electron chi connectivity index (χ0n) is 10.7. The van der Waals surface area contributed by atoms with E-state index in [1.165, 1.54) is 0 Å². The second-order valence-electron chi connectivity index (χ2n) is 4.77. The van der Waals surface area contributed by atoms with Crippen LogP contribution in [0.15, 0.2) is 11.6 Å². The molecule has 4 heteroatoms. The molecule has 0 aromatic heterocycles. The predicted molar refractivity (Wildman–Crippen MR) is 63.1 cm³/mol. The summed E-state index contributed by atoms with van der Waals surface area (Å²) in [4.78, 5) is 11.5. The third kappa shape index (κ3) is 4.20. The second-order valence-corrected chi connectivity index (χ2v) is 4.77. The van der Waals surface area contributed by atoms with Gasteiger partial charge in [-0.15, -0.1) is 0 Å². The van der Waals surface area contributed by atoms with Crippen LogP contribution < -0.4 is 0 Å². The monoisotopic (exact) mass is 237 g/mol. The van der Waals surface area contributed by atoms with Crippen molar-refractivity contribution < 1.29 is 14.3 Å². The molecule has 0 bridgehead atoms. The standard InChI is InChI=1S/C13H19NO3/c1-4-16-12(15)11(9-14)7-10-5-6-17-13(2,3)8-10/h7,10H,4-6,8H2,1-3H3/b11-7-/t10-/m0/s1. The van der Waals surface area contributed by atoms with Gasteiger partial charge in [0.05, 0.1) is 12.2 Å². The van der Waals surface area contributed by atoms with Crippen molar-refractivity contribution in [3.8, 4) is 6.07 Å². The summed E-state index contributed by atoms with van der Waals surface area (Å²) in [5.41, 5.74) is -0.0798. The Bertz CT molecular complexity index is 352. The maximum atomic E-state index is 11.5. The van der Waals surface area contributed by atoms with E-state index >= 15 is 0 Å². The van der Waals surface area contributed by atoms with Crippen molar-refractivity contribution in [1.29, 1.82) is 5.26 Å². The van der Waals surface area contributed by atoms with Crippen molar-refractivity contribution in [1.82, 2.24) is 0 Å². The van der Waals surface area contributed by atoms with Crippen molar-refractivity contribution in [2.45, 2.75) is 39.2 Å². The number of hydrogen-bond donors (Lipinski definition) is 0. The van der Waals surface area contributed by atoms with E-state index in [9.17, 15) is 4.79 Å². The van der Waals surface area contributed by atoms with Crippen LogP contribution >= 0.6 is 0 Å². The van der Waals surface area contributed by atoms with E-state index < -0.39 is 5.97 Å². The molecular formula is C13H19NO3. The summed E-state index contributed by atoms with van der Waals surface area (Å²) < 4.78 is 10.4.